The number of hydrogen-bond acceptors (Lipinski definition) is 6. The van der Waals surface area contributed by atoms with Crippen molar-refractivity contribution in [2.75, 3.05) is 6.61 Å². The van der Waals surface area contributed by atoms with E-state index in [0.29, 0.717) is 5.76 Å². The van der Waals surface area contributed by atoms with Gasteiger partial charge in [0.15, 0.2) is 12.2 Å². The maximum absolute atomic E-state index is 11.2. The van der Waals surface area contributed by atoms with Gasteiger partial charge in [-0.1, -0.05) is 6.58 Å². The van der Waals surface area contributed by atoms with Crippen molar-refractivity contribution in [3.63, 3.8) is 0 Å². The van der Waals surface area contributed by atoms with E-state index < -0.39 is 30.3 Å². The fraction of sp³-hybridized carbons (Fsp3) is 0.692. The van der Waals surface area contributed by atoms with Gasteiger partial charge >= 0.3 is 11.9 Å². The van der Waals surface area contributed by atoms with Crippen LogP contribution in [0.5, 0.6) is 0 Å². The molecule has 1 saturated heterocycles. The Labute approximate surface area is 112 Å². The molecule has 1 aliphatic rings. The Morgan fingerprint density at radius 3 is 2.21 bits per heavy atom. The molecule has 1 rings (SSSR count). The number of esters is 2. The summed E-state index contributed by atoms with van der Waals surface area (Å²) in [4.78, 5) is 22.0. The summed E-state index contributed by atoms with van der Waals surface area (Å²) in [5.41, 5.74) is 0. The fourth-order valence-electron chi connectivity index (χ4n) is 1.97. The molecule has 0 aromatic rings. The van der Waals surface area contributed by atoms with Crippen LogP contribution in [0.25, 0.3) is 0 Å². The highest BCUT2D eigenvalue weighted by Gasteiger charge is 2.46. The summed E-state index contributed by atoms with van der Waals surface area (Å²) >= 11 is 0. The van der Waals surface area contributed by atoms with Crippen molar-refractivity contribution in [2.45, 2.75) is 52.1 Å². The van der Waals surface area contributed by atoms with E-state index in [1.807, 2.05) is 0 Å². The number of hydrogen-bond donors (Lipinski definition) is 0. The molecule has 0 amide bonds. The van der Waals surface area contributed by atoms with E-state index in [0.717, 1.165) is 0 Å². The zero-order valence-electron chi connectivity index (χ0n) is 11.7. The molecule has 1 aliphatic heterocycles. The first kappa shape index (κ1) is 15.5. The lowest BCUT2D eigenvalue weighted by molar-refractivity contribution is -0.157. The molecule has 6 heteroatoms. The predicted octanol–water partition coefficient (Wildman–Crippen LogP) is 1.19. The van der Waals surface area contributed by atoms with Crippen LogP contribution in [0, 0.1) is 0 Å². The summed E-state index contributed by atoms with van der Waals surface area (Å²) in [5.74, 6) is -0.348. The van der Waals surface area contributed by atoms with Crippen molar-refractivity contribution in [1.29, 1.82) is 0 Å². The van der Waals surface area contributed by atoms with Gasteiger partial charge in [0.25, 0.3) is 0 Å². The molecule has 6 nitrogen and oxygen atoms in total. The van der Waals surface area contributed by atoms with Gasteiger partial charge < -0.3 is 18.9 Å². The average Bonchev–Trinajstić information content (AvgIpc) is 2.53. The van der Waals surface area contributed by atoms with Gasteiger partial charge in [-0.15, -0.1) is 0 Å². The summed E-state index contributed by atoms with van der Waals surface area (Å²) < 4.78 is 21.3. The Kier molecular flexibility index (Phi) is 5.35. The molecule has 0 N–H and O–H groups in total. The predicted molar refractivity (Wildman–Crippen MR) is 66.2 cm³/mol. The summed E-state index contributed by atoms with van der Waals surface area (Å²) in [7, 11) is 0. The van der Waals surface area contributed by atoms with Crippen LogP contribution in [0.4, 0.5) is 0 Å². The molecule has 0 aliphatic carbocycles. The van der Waals surface area contributed by atoms with Crippen LogP contribution in [0.3, 0.4) is 0 Å². The number of carbonyl (C=O) groups is 2. The van der Waals surface area contributed by atoms with E-state index in [2.05, 4.69) is 6.58 Å². The van der Waals surface area contributed by atoms with Gasteiger partial charge in [0.1, 0.15) is 12.7 Å². The van der Waals surface area contributed by atoms with Crippen LogP contribution in [-0.4, -0.2) is 43.0 Å². The number of rotatable bonds is 5. The first-order valence-electron chi connectivity index (χ1n) is 6.09. The molecule has 108 valence electrons. The van der Waals surface area contributed by atoms with Gasteiger partial charge in [0.2, 0.25) is 0 Å². The average molecular weight is 272 g/mol. The molecular formula is C13H20O6. The lowest BCUT2D eigenvalue weighted by atomic mass is 10.1. The molecule has 0 radical (unpaired) electrons. The van der Waals surface area contributed by atoms with Gasteiger partial charge in [-0.2, -0.15) is 0 Å². The van der Waals surface area contributed by atoms with Crippen molar-refractivity contribution in [1.82, 2.24) is 0 Å². The topological polar surface area (TPSA) is 71.1 Å². The van der Waals surface area contributed by atoms with Gasteiger partial charge in [0, 0.05) is 13.8 Å². The zero-order chi connectivity index (χ0) is 14.6. The molecule has 4 atom stereocenters. The molecule has 0 saturated carbocycles. The summed E-state index contributed by atoms with van der Waals surface area (Å²) in [6.07, 6.45) is -1.90. The SMILES string of the molecule is C=C(C)O[C@@H]1[C@H](OC(C)=O)[C@@H](COC(C)=O)O[C@H]1C. The second-order valence-electron chi connectivity index (χ2n) is 4.54. The van der Waals surface area contributed by atoms with Crippen molar-refractivity contribution in [3.8, 4) is 0 Å². The molecular weight excluding hydrogens is 252 g/mol. The van der Waals surface area contributed by atoms with E-state index >= 15 is 0 Å². The lowest BCUT2D eigenvalue weighted by Gasteiger charge is -2.23. The number of allylic oxidation sites excluding steroid dienone is 1. The maximum atomic E-state index is 11.2. The molecule has 1 fully saturated rings. The summed E-state index contributed by atoms with van der Waals surface area (Å²) in [6, 6.07) is 0. The van der Waals surface area contributed by atoms with Crippen molar-refractivity contribution in [3.05, 3.63) is 12.3 Å². The molecule has 0 aromatic heterocycles. The number of ether oxygens (including phenoxy) is 4. The third kappa shape index (κ3) is 4.55. The smallest absolute Gasteiger partial charge is 0.303 e. The highest BCUT2D eigenvalue weighted by molar-refractivity contribution is 5.66. The second kappa shape index (κ2) is 6.56. The Bertz CT molecular complexity index is 364. The highest BCUT2D eigenvalue weighted by atomic mass is 16.6. The van der Waals surface area contributed by atoms with E-state index in [1.54, 1.807) is 13.8 Å². The minimum atomic E-state index is -0.622. The normalized spacial score (nSPS) is 29.7. The Morgan fingerprint density at radius 2 is 1.74 bits per heavy atom. The van der Waals surface area contributed by atoms with Gasteiger partial charge in [-0.25, -0.2) is 0 Å². The van der Waals surface area contributed by atoms with E-state index in [1.165, 1.54) is 13.8 Å². The third-order valence-electron chi connectivity index (χ3n) is 2.63. The van der Waals surface area contributed by atoms with Gasteiger partial charge in [0.05, 0.1) is 11.9 Å². The van der Waals surface area contributed by atoms with Crippen LogP contribution in [0.1, 0.15) is 27.7 Å². The van der Waals surface area contributed by atoms with Gasteiger partial charge in [-0.05, 0) is 13.8 Å². The van der Waals surface area contributed by atoms with E-state index in [9.17, 15) is 9.59 Å². The number of carbonyl (C=O) groups excluding carboxylic acids is 2. The molecule has 19 heavy (non-hydrogen) atoms. The Hall–Kier alpha value is -1.56. The van der Waals surface area contributed by atoms with Crippen LogP contribution in [-0.2, 0) is 28.5 Å². The molecule has 1 heterocycles. The first-order valence-corrected chi connectivity index (χ1v) is 6.09. The molecule has 0 bridgehead atoms. The summed E-state index contributed by atoms with van der Waals surface area (Å²) in [5, 5.41) is 0. The highest BCUT2D eigenvalue weighted by Crippen LogP contribution is 2.28. The van der Waals surface area contributed by atoms with Crippen molar-refractivity contribution < 1.29 is 28.5 Å². The van der Waals surface area contributed by atoms with Crippen molar-refractivity contribution >= 4 is 11.9 Å². The van der Waals surface area contributed by atoms with Crippen molar-refractivity contribution in [2.24, 2.45) is 0 Å². The quantitative estimate of drug-likeness (QED) is 0.553. The van der Waals surface area contributed by atoms with Crippen LogP contribution in [0.15, 0.2) is 12.3 Å². The minimum Gasteiger partial charge on any atom is -0.489 e. The van der Waals surface area contributed by atoms with Crippen LogP contribution in [0.2, 0.25) is 0 Å². The third-order valence-corrected chi connectivity index (χ3v) is 2.63. The Balaban J connectivity index is 2.76. The lowest BCUT2D eigenvalue weighted by Crippen LogP contribution is -2.39. The summed E-state index contributed by atoms with van der Waals surface area (Å²) in [6.45, 7) is 9.81. The monoisotopic (exact) mass is 272 g/mol. The fourth-order valence-corrected chi connectivity index (χ4v) is 1.97. The molecule has 0 aromatic carbocycles. The Morgan fingerprint density at radius 1 is 1.11 bits per heavy atom. The van der Waals surface area contributed by atoms with Gasteiger partial charge in [-0.3, -0.25) is 9.59 Å². The molecule has 0 unspecified atom stereocenters. The van der Waals surface area contributed by atoms with Crippen LogP contribution < -0.4 is 0 Å². The zero-order valence-corrected chi connectivity index (χ0v) is 11.7. The largest absolute Gasteiger partial charge is 0.489 e. The maximum Gasteiger partial charge on any atom is 0.303 e. The van der Waals surface area contributed by atoms with E-state index in [4.69, 9.17) is 18.9 Å². The first-order chi connectivity index (χ1) is 8.81. The minimum absolute atomic E-state index is 0.0215. The molecule has 0 spiro atoms. The second-order valence-corrected chi connectivity index (χ2v) is 4.54. The van der Waals surface area contributed by atoms with E-state index in [-0.39, 0.29) is 12.7 Å². The van der Waals surface area contributed by atoms with Crippen LogP contribution >= 0.6 is 0 Å². The standard InChI is InChI=1S/C13H20O6/c1-7(2)17-12-8(3)18-11(6-16-9(4)14)13(12)19-10(5)15/h8,11-13H,1,6H2,2-5H3/t8-,11+,12-,13+/m0/s1.